The van der Waals surface area contributed by atoms with Crippen molar-refractivity contribution in [2.75, 3.05) is 18.8 Å². The summed E-state index contributed by atoms with van der Waals surface area (Å²) in [6.07, 6.45) is 3.93. The monoisotopic (exact) mass is 337 g/mol. The van der Waals surface area contributed by atoms with Gasteiger partial charge in [0, 0.05) is 36.5 Å². The van der Waals surface area contributed by atoms with E-state index in [0.717, 1.165) is 37.5 Å². The Bertz CT molecular complexity index is 717. The summed E-state index contributed by atoms with van der Waals surface area (Å²) < 4.78 is 1.54. The molecule has 22 heavy (non-hydrogen) atoms. The Balaban J connectivity index is 1.53. The maximum atomic E-state index is 12.2. The molecule has 0 atom stereocenters. The Kier molecular flexibility index (Phi) is 4.83. The predicted molar refractivity (Wildman–Crippen MR) is 90.5 cm³/mol. The second-order valence-corrected chi connectivity index (χ2v) is 7.56. The van der Waals surface area contributed by atoms with Gasteiger partial charge in [0.15, 0.2) is 4.96 Å². The third-order valence-corrected chi connectivity index (χ3v) is 5.68. The largest absolute Gasteiger partial charge is 0.342 e. The second-order valence-electron chi connectivity index (χ2n) is 5.70. The second kappa shape index (κ2) is 6.83. The number of likely N-dealkylation sites (tertiary alicyclic amines) is 1. The molecule has 1 fully saturated rings. The number of thiazole rings is 1. The zero-order chi connectivity index (χ0) is 15.5. The van der Waals surface area contributed by atoms with E-state index in [9.17, 15) is 9.59 Å². The molecule has 5 nitrogen and oxygen atoms in total. The third kappa shape index (κ3) is 3.52. The molecule has 0 radical (unpaired) electrons. The van der Waals surface area contributed by atoms with Gasteiger partial charge in [-0.25, -0.2) is 4.98 Å². The molecule has 1 saturated heterocycles. The highest BCUT2D eigenvalue weighted by Crippen LogP contribution is 2.18. The van der Waals surface area contributed by atoms with Crippen LogP contribution in [0.3, 0.4) is 0 Å². The van der Waals surface area contributed by atoms with E-state index in [2.05, 4.69) is 11.9 Å². The number of nitrogens with zero attached hydrogens (tertiary/aromatic N) is 3. The van der Waals surface area contributed by atoms with Crippen LogP contribution in [0, 0.1) is 5.92 Å². The molecule has 1 aliphatic heterocycles. The van der Waals surface area contributed by atoms with E-state index in [1.807, 2.05) is 10.3 Å². The molecule has 2 aromatic heterocycles. The van der Waals surface area contributed by atoms with Gasteiger partial charge < -0.3 is 4.90 Å². The Morgan fingerprint density at radius 2 is 2.23 bits per heavy atom. The average Bonchev–Trinajstić information content (AvgIpc) is 2.97. The van der Waals surface area contributed by atoms with Gasteiger partial charge in [0.25, 0.3) is 5.56 Å². The third-order valence-electron chi connectivity index (χ3n) is 3.97. The van der Waals surface area contributed by atoms with Gasteiger partial charge in [0.05, 0.1) is 11.4 Å². The van der Waals surface area contributed by atoms with E-state index >= 15 is 0 Å². The highest BCUT2D eigenvalue weighted by atomic mass is 32.2. The molecule has 1 amide bonds. The van der Waals surface area contributed by atoms with Crippen molar-refractivity contribution in [3.05, 3.63) is 33.7 Å². The number of carbonyl (C=O) groups is 1. The van der Waals surface area contributed by atoms with Crippen LogP contribution >= 0.6 is 23.1 Å². The number of aromatic nitrogens is 2. The summed E-state index contributed by atoms with van der Waals surface area (Å²) in [5, 5.41) is 1.85. The van der Waals surface area contributed by atoms with Crippen molar-refractivity contribution >= 4 is 34.0 Å². The van der Waals surface area contributed by atoms with Gasteiger partial charge in [-0.15, -0.1) is 23.1 Å². The number of piperidine rings is 1. The summed E-state index contributed by atoms with van der Waals surface area (Å²) in [5.74, 6) is 1.98. The normalized spacial score (nSPS) is 16.3. The van der Waals surface area contributed by atoms with Gasteiger partial charge >= 0.3 is 0 Å². The van der Waals surface area contributed by atoms with E-state index in [4.69, 9.17) is 0 Å². The van der Waals surface area contributed by atoms with Crippen LogP contribution in [-0.4, -0.2) is 39.0 Å². The summed E-state index contributed by atoms with van der Waals surface area (Å²) in [6.45, 7) is 3.99. The number of fused-ring (bicyclic) bond motifs is 1. The molecule has 7 heteroatoms. The van der Waals surface area contributed by atoms with Crippen molar-refractivity contribution in [2.24, 2.45) is 5.92 Å². The first-order valence-corrected chi connectivity index (χ1v) is 9.48. The van der Waals surface area contributed by atoms with Crippen LogP contribution < -0.4 is 5.56 Å². The number of hydrogen-bond acceptors (Lipinski definition) is 5. The van der Waals surface area contributed by atoms with Crippen LogP contribution in [0.2, 0.25) is 0 Å². The lowest BCUT2D eigenvalue weighted by atomic mass is 9.99. The zero-order valence-corrected chi connectivity index (χ0v) is 14.2. The van der Waals surface area contributed by atoms with E-state index in [1.165, 1.54) is 23.1 Å². The molecule has 0 unspecified atom stereocenters. The smallest absolute Gasteiger partial charge is 0.258 e. The Labute approximate surface area is 137 Å². The van der Waals surface area contributed by atoms with Crippen molar-refractivity contribution < 1.29 is 4.79 Å². The fourth-order valence-corrected chi connectivity index (χ4v) is 4.11. The average molecular weight is 337 g/mol. The van der Waals surface area contributed by atoms with Gasteiger partial charge in [0.1, 0.15) is 0 Å². The molecule has 0 aromatic carbocycles. The minimum atomic E-state index is -0.0572. The first-order chi connectivity index (χ1) is 10.6. The molecular weight excluding hydrogens is 318 g/mol. The van der Waals surface area contributed by atoms with Crippen LogP contribution in [0.25, 0.3) is 4.96 Å². The SMILES string of the molecule is CC1CCN(C(=O)CSCc2cc(=O)n3ccsc3n2)CC1. The van der Waals surface area contributed by atoms with Gasteiger partial charge in [-0.2, -0.15) is 0 Å². The minimum Gasteiger partial charge on any atom is -0.342 e. The lowest BCUT2D eigenvalue weighted by Gasteiger charge is -2.30. The van der Waals surface area contributed by atoms with Crippen molar-refractivity contribution in [1.82, 2.24) is 14.3 Å². The van der Waals surface area contributed by atoms with Gasteiger partial charge in [-0.1, -0.05) is 6.92 Å². The van der Waals surface area contributed by atoms with Crippen molar-refractivity contribution in [1.29, 1.82) is 0 Å². The van der Waals surface area contributed by atoms with Gasteiger partial charge in [-0.3, -0.25) is 14.0 Å². The first kappa shape index (κ1) is 15.6. The maximum Gasteiger partial charge on any atom is 0.258 e. The maximum absolute atomic E-state index is 12.2. The van der Waals surface area contributed by atoms with Crippen LogP contribution in [0.5, 0.6) is 0 Å². The topological polar surface area (TPSA) is 54.7 Å². The number of amides is 1. The van der Waals surface area contributed by atoms with Crippen molar-refractivity contribution in [2.45, 2.75) is 25.5 Å². The standard InChI is InChI=1S/C15H19N3O2S2/c1-11-2-4-17(5-3-11)14(20)10-21-9-12-8-13(19)18-6-7-22-15(18)16-12/h6-8,11H,2-5,9-10H2,1H3. The fraction of sp³-hybridized carbons (Fsp3) is 0.533. The number of hydrogen-bond donors (Lipinski definition) is 0. The summed E-state index contributed by atoms with van der Waals surface area (Å²) >= 11 is 2.98. The van der Waals surface area contributed by atoms with Crippen LogP contribution in [0.1, 0.15) is 25.5 Å². The van der Waals surface area contributed by atoms with Crippen molar-refractivity contribution in [3.63, 3.8) is 0 Å². The Morgan fingerprint density at radius 1 is 1.45 bits per heavy atom. The molecular formula is C15H19N3O2S2. The van der Waals surface area contributed by atoms with Gasteiger partial charge in [-0.05, 0) is 18.8 Å². The highest BCUT2D eigenvalue weighted by Gasteiger charge is 2.19. The molecule has 0 aliphatic carbocycles. The van der Waals surface area contributed by atoms with E-state index in [0.29, 0.717) is 16.5 Å². The highest BCUT2D eigenvalue weighted by molar-refractivity contribution is 7.99. The summed E-state index contributed by atoms with van der Waals surface area (Å²) in [4.78, 5) is 31.1. The van der Waals surface area contributed by atoms with Gasteiger partial charge in [0.2, 0.25) is 5.91 Å². The minimum absolute atomic E-state index is 0.0572. The molecule has 118 valence electrons. The summed E-state index contributed by atoms with van der Waals surface area (Å²) in [5.41, 5.74) is 0.690. The Hall–Kier alpha value is -1.34. The lowest BCUT2D eigenvalue weighted by Crippen LogP contribution is -2.38. The molecule has 0 saturated carbocycles. The molecule has 0 spiro atoms. The first-order valence-electron chi connectivity index (χ1n) is 7.45. The molecule has 1 aliphatic rings. The quantitative estimate of drug-likeness (QED) is 0.859. The molecule has 0 N–H and O–H groups in total. The van der Waals surface area contributed by atoms with Crippen LogP contribution in [0.15, 0.2) is 22.4 Å². The fourth-order valence-electron chi connectivity index (χ4n) is 2.55. The zero-order valence-electron chi connectivity index (χ0n) is 12.5. The van der Waals surface area contributed by atoms with Crippen LogP contribution in [0.4, 0.5) is 0 Å². The Morgan fingerprint density at radius 3 is 3.00 bits per heavy atom. The van der Waals surface area contributed by atoms with Crippen LogP contribution in [-0.2, 0) is 10.5 Å². The molecule has 3 heterocycles. The van der Waals surface area contributed by atoms with E-state index in [1.54, 1.807) is 16.7 Å². The van der Waals surface area contributed by atoms with E-state index in [-0.39, 0.29) is 11.5 Å². The predicted octanol–water partition coefficient (Wildman–Crippen LogP) is 2.25. The summed E-state index contributed by atoms with van der Waals surface area (Å²) in [7, 11) is 0. The number of carbonyl (C=O) groups excluding carboxylic acids is 1. The molecule has 3 rings (SSSR count). The molecule has 2 aromatic rings. The van der Waals surface area contributed by atoms with E-state index < -0.39 is 0 Å². The summed E-state index contributed by atoms with van der Waals surface area (Å²) in [6, 6.07) is 1.56. The lowest BCUT2D eigenvalue weighted by molar-refractivity contribution is -0.129. The molecule has 0 bridgehead atoms. The van der Waals surface area contributed by atoms with Crippen molar-refractivity contribution in [3.8, 4) is 0 Å². The number of thioether (sulfide) groups is 1. The number of rotatable bonds is 4.